The molecule has 0 saturated heterocycles. The highest BCUT2D eigenvalue weighted by Gasteiger charge is 2.16. The van der Waals surface area contributed by atoms with Crippen molar-refractivity contribution in [3.63, 3.8) is 0 Å². The summed E-state index contributed by atoms with van der Waals surface area (Å²) in [6.45, 7) is 13.9. The number of ether oxygens (including phenoxy) is 2. The van der Waals surface area contributed by atoms with Gasteiger partial charge in [-0.05, 0) is 51.5 Å². The average Bonchev–Trinajstić information content (AvgIpc) is 3.46. The molecule has 0 bridgehead atoms. The minimum Gasteiger partial charge on any atom is -0.484 e. The first kappa shape index (κ1) is 22.9. The van der Waals surface area contributed by atoms with Crippen LogP contribution in [0.3, 0.4) is 0 Å². The van der Waals surface area contributed by atoms with Crippen molar-refractivity contribution in [2.75, 3.05) is 6.61 Å². The lowest BCUT2D eigenvalue weighted by Gasteiger charge is -2.10. The molecule has 0 fully saturated rings. The van der Waals surface area contributed by atoms with E-state index in [4.69, 9.17) is 20.6 Å². The minimum absolute atomic E-state index is 0.0919. The van der Waals surface area contributed by atoms with E-state index in [1.165, 1.54) is 0 Å². The van der Waals surface area contributed by atoms with Gasteiger partial charge < -0.3 is 14.0 Å². The lowest BCUT2D eigenvalue weighted by Crippen LogP contribution is -2.07. The number of esters is 1. The molecular formula is C24H24N6O4. The van der Waals surface area contributed by atoms with Crippen molar-refractivity contribution in [2.24, 2.45) is 0 Å². The molecule has 174 valence electrons. The molecule has 0 N–H and O–H groups in total. The number of hydrogen-bond acceptors (Lipinski definition) is 8. The molecule has 0 amide bonds. The zero-order valence-corrected chi connectivity index (χ0v) is 19.2. The van der Waals surface area contributed by atoms with E-state index in [1.807, 2.05) is 36.7 Å². The van der Waals surface area contributed by atoms with Crippen molar-refractivity contribution in [1.82, 2.24) is 24.9 Å². The van der Waals surface area contributed by atoms with Crippen LogP contribution in [-0.4, -0.2) is 43.6 Å². The number of aryl methyl sites for hydroxylation is 1. The average molecular weight is 460 g/mol. The summed E-state index contributed by atoms with van der Waals surface area (Å²) < 4.78 is 17.8. The fourth-order valence-electron chi connectivity index (χ4n) is 3.42. The first-order valence-electron chi connectivity index (χ1n) is 11.0. The van der Waals surface area contributed by atoms with Crippen molar-refractivity contribution in [3.05, 3.63) is 48.1 Å². The second-order valence-corrected chi connectivity index (χ2v) is 7.80. The SMILES string of the molecule is [C-]#[N+]c1cc(-c2nc(-c3ccc4c(cnn4CCCC(=O)OCC)c3)no2)cnc1OC(C)C. The van der Waals surface area contributed by atoms with E-state index in [-0.39, 0.29) is 29.5 Å². The number of hydrogen-bond donors (Lipinski definition) is 0. The van der Waals surface area contributed by atoms with E-state index in [0.717, 1.165) is 16.5 Å². The van der Waals surface area contributed by atoms with Crippen LogP contribution in [0.1, 0.15) is 33.6 Å². The fraction of sp³-hybridized carbons (Fsp3) is 0.333. The van der Waals surface area contributed by atoms with Gasteiger partial charge in [0.15, 0.2) is 0 Å². The Morgan fingerprint density at radius 2 is 2.09 bits per heavy atom. The van der Waals surface area contributed by atoms with E-state index in [1.54, 1.807) is 25.4 Å². The molecule has 34 heavy (non-hydrogen) atoms. The Balaban J connectivity index is 1.51. The van der Waals surface area contributed by atoms with Crippen molar-refractivity contribution in [1.29, 1.82) is 0 Å². The number of carbonyl (C=O) groups is 1. The summed E-state index contributed by atoms with van der Waals surface area (Å²) in [4.78, 5) is 23.7. The van der Waals surface area contributed by atoms with Crippen LogP contribution in [-0.2, 0) is 16.1 Å². The molecule has 0 aliphatic carbocycles. The van der Waals surface area contributed by atoms with Crippen LogP contribution in [0, 0.1) is 6.57 Å². The largest absolute Gasteiger partial charge is 0.484 e. The third-order valence-corrected chi connectivity index (χ3v) is 4.93. The first-order valence-corrected chi connectivity index (χ1v) is 11.0. The van der Waals surface area contributed by atoms with Crippen molar-refractivity contribution in [3.8, 4) is 28.7 Å². The molecule has 4 rings (SSSR count). The van der Waals surface area contributed by atoms with Gasteiger partial charge in [0.05, 0.1) is 31.0 Å². The summed E-state index contributed by atoms with van der Waals surface area (Å²) >= 11 is 0. The fourth-order valence-corrected chi connectivity index (χ4v) is 3.42. The monoisotopic (exact) mass is 460 g/mol. The maximum Gasteiger partial charge on any atom is 0.305 e. The maximum atomic E-state index is 11.5. The molecule has 0 atom stereocenters. The quantitative estimate of drug-likeness (QED) is 0.258. The van der Waals surface area contributed by atoms with Crippen molar-refractivity contribution < 1.29 is 18.8 Å². The van der Waals surface area contributed by atoms with E-state index >= 15 is 0 Å². The number of rotatable bonds is 9. The normalized spacial score (nSPS) is 11.0. The lowest BCUT2D eigenvalue weighted by molar-refractivity contribution is -0.143. The Labute approximate surface area is 196 Å². The molecule has 3 heterocycles. The molecule has 0 unspecified atom stereocenters. The second kappa shape index (κ2) is 10.1. The highest BCUT2D eigenvalue weighted by molar-refractivity contribution is 5.83. The molecule has 0 spiro atoms. The second-order valence-electron chi connectivity index (χ2n) is 7.80. The van der Waals surface area contributed by atoms with Gasteiger partial charge in [0, 0.05) is 35.7 Å². The molecule has 0 radical (unpaired) electrons. The van der Waals surface area contributed by atoms with Crippen LogP contribution < -0.4 is 4.74 Å². The molecule has 0 saturated carbocycles. The molecular weight excluding hydrogens is 436 g/mol. The predicted molar refractivity (Wildman–Crippen MR) is 124 cm³/mol. The summed E-state index contributed by atoms with van der Waals surface area (Å²) in [7, 11) is 0. The Morgan fingerprint density at radius 3 is 2.85 bits per heavy atom. The third kappa shape index (κ3) is 5.04. The van der Waals surface area contributed by atoms with Crippen molar-refractivity contribution >= 4 is 22.6 Å². The summed E-state index contributed by atoms with van der Waals surface area (Å²) in [5.41, 5.74) is 2.54. The minimum atomic E-state index is -0.199. The number of carbonyl (C=O) groups excluding carboxylic acids is 1. The van der Waals surface area contributed by atoms with Crippen LogP contribution in [0.5, 0.6) is 5.88 Å². The first-order chi connectivity index (χ1) is 16.5. The van der Waals surface area contributed by atoms with Crippen molar-refractivity contribution in [2.45, 2.75) is 46.3 Å². The number of benzene rings is 1. The zero-order valence-electron chi connectivity index (χ0n) is 19.2. The van der Waals surface area contributed by atoms with Gasteiger partial charge in [0.2, 0.25) is 17.4 Å². The molecule has 3 aromatic heterocycles. The Hall–Kier alpha value is -4.26. The van der Waals surface area contributed by atoms with Gasteiger partial charge in [0.25, 0.3) is 5.89 Å². The third-order valence-electron chi connectivity index (χ3n) is 4.93. The number of pyridine rings is 1. The van der Waals surface area contributed by atoms with Crippen LogP contribution in [0.4, 0.5) is 5.69 Å². The standard InChI is InChI=1S/C24H24N6O4/c1-5-32-21(31)7-6-10-30-20-9-8-16(11-17(20)14-27-30)22-28-23(34-29-22)18-12-19(25-4)24(26-13-18)33-15(2)3/h8-9,11-15H,5-7,10H2,1-3H3. The summed E-state index contributed by atoms with van der Waals surface area (Å²) in [6.07, 6.45) is 4.23. The van der Waals surface area contributed by atoms with Crippen LogP contribution in [0.25, 0.3) is 38.6 Å². The highest BCUT2D eigenvalue weighted by atomic mass is 16.5. The molecule has 10 nitrogen and oxygen atoms in total. The molecule has 4 aromatic rings. The van der Waals surface area contributed by atoms with Gasteiger partial charge in [-0.2, -0.15) is 10.1 Å². The van der Waals surface area contributed by atoms with E-state index in [0.29, 0.717) is 37.4 Å². The topological polar surface area (TPSA) is 110 Å². The maximum absolute atomic E-state index is 11.5. The van der Waals surface area contributed by atoms with Gasteiger partial charge in [-0.15, -0.1) is 0 Å². The van der Waals surface area contributed by atoms with Crippen LogP contribution in [0.15, 0.2) is 41.2 Å². The number of fused-ring (bicyclic) bond motifs is 1. The van der Waals surface area contributed by atoms with E-state index in [2.05, 4.69) is 25.1 Å². The van der Waals surface area contributed by atoms with Gasteiger partial charge in [-0.3, -0.25) is 9.48 Å². The smallest absolute Gasteiger partial charge is 0.305 e. The van der Waals surface area contributed by atoms with Crippen LogP contribution >= 0.6 is 0 Å². The number of aromatic nitrogens is 5. The molecule has 10 heteroatoms. The lowest BCUT2D eigenvalue weighted by atomic mass is 10.1. The van der Waals surface area contributed by atoms with Gasteiger partial charge >= 0.3 is 5.97 Å². The predicted octanol–water partition coefficient (Wildman–Crippen LogP) is 4.83. The molecule has 1 aromatic carbocycles. The van der Waals surface area contributed by atoms with Gasteiger partial charge in [-0.1, -0.05) is 5.16 Å². The summed E-state index contributed by atoms with van der Waals surface area (Å²) in [6, 6.07) is 7.39. The number of nitrogens with zero attached hydrogens (tertiary/aromatic N) is 6. The van der Waals surface area contributed by atoms with E-state index in [9.17, 15) is 4.79 Å². The van der Waals surface area contributed by atoms with E-state index < -0.39 is 0 Å². The molecule has 0 aliphatic heterocycles. The Kier molecular flexibility index (Phi) is 6.82. The zero-order chi connectivity index (χ0) is 24.1. The van der Waals surface area contributed by atoms with Gasteiger partial charge in [0.1, 0.15) is 0 Å². The highest BCUT2D eigenvalue weighted by Crippen LogP contribution is 2.32. The molecule has 0 aliphatic rings. The Morgan fingerprint density at radius 1 is 1.24 bits per heavy atom. The Bertz CT molecular complexity index is 1350. The van der Waals surface area contributed by atoms with Gasteiger partial charge in [-0.25, -0.2) is 9.83 Å². The summed E-state index contributed by atoms with van der Waals surface area (Å²) in [5, 5.41) is 9.44. The van der Waals surface area contributed by atoms with Crippen LogP contribution in [0.2, 0.25) is 0 Å². The summed E-state index contributed by atoms with van der Waals surface area (Å²) in [5.74, 6) is 0.755.